The molecule has 2 nitrogen and oxygen atoms in total. The maximum atomic E-state index is 12.4. The van der Waals surface area contributed by atoms with Crippen LogP contribution in [0.4, 0.5) is 0 Å². The SMILES string of the molecule is O=C(c1csc(I)c1)N1CC=C(c2ccccc2)CC1. The first-order chi connectivity index (χ1) is 9.74. The van der Waals surface area contributed by atoms with Crippen LogP contribution in [0.15, 0.2) is 47.9 Å². The van der Waals surface area contributed by atoms with E-state index < -0.39 is 0 Å². The van der Waals surface area contributed by atoms with Gasteiger partial charge < -0.3 is 4.90 Å². The summed E-state index contributed by atoms with van der Waals surface area (Å²) in [4.78, 5) is 14.3. The highest BCUT2D eigenvalue weighted by Crippen LogP contribution is 2.24. The average molecular weight is 395 g/mol. The summed E-state index contributed by atoms with van der Waals surface area (Å²) in [5.74, 6) is 0.146. The van der Waals surface area contributed by atoms with E-state index >= 15 is 0 Å². The molecule has 0 radical (unpaired) electrons. The molecule has 0 saturated carbocycles. The summed E-state index contributed by atoms with van der Waals surface area (Å²) in [6.45, 7) is 1.50. The largest absolute Gasteiger partial charge is 0.335 e. The van der Waals surface area contributed by atoms with E-state index in [4.69, 9.17) is 0 Å². The van der Waals surface area contributed by atoms with E-state index in [1.54, 1.807) is 11.3 Å². The third-order valence-electron chi connectivity index (χ3n) is 3.46. The van der Waals surface area contributed by atoms with Crippen molar-refractivity contribution < 1.29 is 4.79 Å². The molecule has 102 valence electrons. The van der Waals surface area contributed by atoms with Gasteiger partial charge in [-0.2, -0.15) is 0 Å². The van der Waals surface area contributed by atoms with Crippen molar-refractivity contribution in [3.63, 3.8) is 0 Å². The molecule has 1 amide bonds. The van der Waals surface area contributed by atoms with Gasteiger partial charge in [-0.05, 0) is 46.2 Å². The molecular weight excluding hydrogens is 381 g/mol. The quantitative estimate of drug-likeness (QED) is 0.696. The van der Waals surface area contributed by atoms with Crippen LogP contribution < -0.4 is 0 Å². The van der Waals surface area contributed by atoms with Crippen molar-refractivity contribution >= 4 is 45.4 Å². The molecule has 1 aliphatic rings. The predicted octanol–water partition coefficient (Wildman–Crippen LogP) is 4.28. The molecule has 0 unspecified atom stereocenters. The summed E-state index contributed by atoms with van der Waals surface area (Å²) < 4.78 is 1.16. The first-order valence-corrected chi connectivity index (χ1v) is 8.47. The Bertz CT molecular complexity index is 648. The second kappa shape index (κ2) is 6.10. The fraction of sp³-hybridized carbons (Fsp3) is 0.188. The molecule has 0 aliphatic carbocycles. The fourth-order valence-corrected chi connectivity index (χ4v) is 3.69. The third-order valence-corrected chi connectivity index (χ3v) is 5.24. The number of hydrogen-bond acceptors (Lipinski definition) is 2. The first-order valence-electron chi connectivity index (χ1n) is 6.52. The van der Waals surface area contributed by atoms with Gasteiger partial charge in [-0.25, -0.2) is 0 Å². The van der Waals surface area contributed by atoms with E-state index in [0.717, 1.165) is 21.4 Å². The first kappa shape index (κ1) is 13.8. The zero-order valence-electron chi connectivity index (χ0n) is 10.9. The van der Waals surface area contributed by atoms with Crippen molar-refractivity contribution in [3.8, 4) is 0 Å². The van der Waals surface area contributed by atoms with Crippen LogP contribution >= 0.6 is 33.9 Å². The normalized spacial score (nSPS) is 15.1. The van der Waals surface area contributed by atoms with Crippen molar-refractivity contribution in [1.29, 1.82) is 0 Å². The molecule has 3 rings (SSSR count). The second-order valence-electron chi connectivity index (χ2n) is 4.74. The zero-order chi connectivity index (χ0) is 13.9. The van der Waals surface area contributed by atoms with E-state index in [1.165, 1.54) is 11.1 Å². The van der Waals surface area contributed by atoms with Gasteiger partial charge in [0, 0.05) is 18.5 Å². The summed E-state index contributed by atoms with van der Waals surface area (Å²) in [6, 6.07) is 12.4. The minimum absolute atomic E-state index is 0.146. The molecule has 0 atom stereocenters. The number of hydrogen-bond donors (Lipinski definition) is 0. The van der Waals surface area contributed by atoms with Gasteiger partial charge in [-0.3, -0.25) is 4.79 Å². The molecule has 0 saturated heterocycles. The number of carbonyl (C=O) groups is 1. The lowest BCUT2D eigenvalue weighted by Gasteiger charge is -2.26. The fourth-order valence-electron chi connectivity index (χ4n) is 2.37. The molecule has 2 heterocycles. The number of benzene rings is 1. The highest BCUT2D eigenvalue weighted by atomic mass is 127. The van der Waals surface area contributed by atoms with Gasteiger partial charge in [0.05, 0.1) is 8.45 Å². The lowest BCUT2D eigenvalue weighted by atomic mass is 9.99. The van der Waals surface area contributed by atoms with Crippen molar-refractivity contribution in [2.24, 2.45) is 0 Å². The predicted molar refractivity (Wildman–Crippen MR) is 92.0 cm³/mol. The van der Waals surface area contributed by atoms with E-state index in [1.807, 2.05) is 22.4 Å². The van der Waals surface area contributed by atoms with Crippen molar-refractivity contribution in [2.45, 2.75) is 6.42 Å². The number of amides is 1. The third kappa shape index (κ3) is 2.96. The number of halogens is 1. The van der Waals surface area contributed by atoms with Gasteiger partial charge in [-0.15, -0.1) is 11.3 Å². The molecule has 20 heavy (non-hydrogen) atoms. The topological polar surface area (TPSA) is 20.3 Å². The summed E-state index contributed by atoms with van der Waals surface area (Å²) in [5, 5.41) is 1.94. The van der Waals surface area contributed by atoms with Crippen LogP contribution in [0.2, 0.25) is 0 Å². The monoisotopic (exact) mass is 395 g/mol. The Morgan fingerprint density at radius 2 is 2.05 bits per heavy atom. The Hall–Kier alpha value is -1.14. The molecule has 0 spiro atoms. The number of nitrogens with zero attached hydrogens (tertiary/aromatic N) is 1. The highest BCUT2D eigenvalue weighted by Gasteiger charge is 2.19. The molecule has 4 heteroatoms. The van der Waals surface area contributed by atoms with Crippen LogP contribution in [0.25, 0.3) is 5.57 Å². The van der Waals surface area contributed by atoms with Crippen LogP contribution in [0.5, 0.6) is 0 Å². The zero-order valence-corrected chi connectivity index (χ0v) is 13.9. The maximum absolute atomic E-state index is 12.4. The Morgan fingerprint density at radius 1 is 1.25 bits per heavy atom. The molecule has 1 aliphatic heterocycles. The smallest absolute Gasteiger partial charge is 0.255 e. The van der Waals surface area contributed by atoms with Crippen LogP contribution in [0.1, 0.15) is 22.3 Å². The molecular formula is C16H14INOS. The summed E-state index contributed by atoms with van der Waals surface area (Å²) >= 11 is 3.87. The van der Waals surface area contributed by atoms with E-state index in [0.29, 0.717) is 6.54 Å². The lowest BCUT2D eigenvalue weighted by Crippen LogP contribution is -2.34. The Morgan fingerprint density at radius 3 is 2.65 bits per heavy atom. The van der Waals surface area contributed by atoms with Crippen molar-refractivity contribution in [2.75, 3.05) is 13.1 Å². The van der Waals surface area contributed by atoms with Gasteiger partial charge >= 0.3 is 0 Å². The number of rotatable bonds is 2. The number of carbonyl (C=O) groups excluding carboxylic acids is 1. The highest BCUT2D eigenvalue weighted by molar-refractivity contribution is 14.1. The van der Waals surface area contributed by atoms with Gasteiger partial charge in [0.15, 0.2) is 0 Å². The van der Waals surface area contributed by atoms with Gasteiger partial charge in [0.25, 0.3) is 5.91 Å². The standard InChI is InChI=1S/C16H14INOS/c17-15-10-14(11-20-15)16(19)18-8-6-13(7-9-18)12-4-2-1-3-5-12/h1-6,10-11H,7-9H2. The van der Waals surface area contributed by atoms with Crippen LogP contribution in [-0.4, -0.2) is 23.9 Å². The van der Waals surface area contributed by atoms with Crippen LogP contribution in [0, 0.1) is 2.88 Å². The minimum atomic E-state index is 0.146. The molecule has 1 aromatic heterocycles. The van der Waals surface area contributed by atoms with E-state index in [9.17, 15) is 4.79 Å². The maximum Gasteiger partial charge on any atom is 0.255 e. The van der Waals surface area contributed by atoms with Gasteiger partial charge in [0.2, 0.25) is 0 Å². The Balaban J connectivity index is 1.72. The van der Waals surface area contributed by atoms with Crippen LogP contribution in [-0.2, 0) is 0 Å². The molecule has 0 bridgehead atoms. The molecule has 0 fully saturated rings. The van der Waals surface area contributed by atoms with Gasteiger partial charge in [-0.1, -0.05) is 36.4 Å². The summed E-state index contributed by atoms with van der Waals surface area (Å²) in [5.41, 5.74) is 3.43. The second-order valence-corrected chi connectivity index (χ2v) is 7.54. The average Bonchev–Trinajstić information content (AvgIpc) is 2.94. The van der Waals surface area contributed by atoms with E-state index in [-0.39, 0.29) is 5.91 Å². The molecule has 2 aromatic rings. The minimum Gasteiger partial charge on any atom is -0.335 e. The van der Waals surface area contributed by atoms with Crippen molar-refractivity contribution in [3.05, 3.63) is 61.9 Å². The molecule has 1 aromatic carbocycles. The van der Waals surface area contributed by atoms with Gasteiger partial charge in [0.1, 0.15) is 0 Å². The number of thiophene rings is 1. The Labute approximate surface area is 136 Å². The Kier molecular flexibility index (Phi) is 4.21. The van der Waals surface area contributed by atoms with Crippen molar-refractivity contribution in [1.82, 2.24) is 4.90 Å². The lowest BCUT2D eigenvalue weighted by molar-refractivity contribution is 0.0773. The van der Waals surface area contributed by atoms with E-state index in [2.05, 4.69) is 52.9 Å². The molecule has 0 N–H and O–H groups in total. The van der Waals surface area contributed by atoms with Crippen LogP contribution in [0.3, 0.4) is 0 Å². The summed E-state index contributed by atoms with van der Waals surface area (Å²) in [7, 11) is 0. The summed E-state index contributed by atoms with van der Waals surface area (Å²) in [6.07, 6.45) is 3.10.